The van der Waals surface area contributed by atoms with Crippen molar-refractivity contribution in [2.75, 3.05) is 13.1 Å². The third kappa shape index (κ3) is 2.51. The fourth-order valence-corrected chi connectivity index (χ4v) is 3.73. The van der Waals surface area contributed by atoms with E-state index in [1.807, 2.05) is 0 Å². The molecule has 0 saturated carbocycles. The Kier molecular flexibility index (Phi) is 3.40. The van der Waals surface area contributed by atoms with Gasteiger partial charge in [0, 0.05) is 13.1 Å². The van der Waals surface area contributed by atoms with Crippen LogP contribution in [0.3, 0.4) is 0 Å². The maximum absolute atomic E-state index is 13.0. The number of aliphatic hydroxyl groups is 1. The first-order valence-electron chi connectivity index (χ1n) is 5.40. The van der Waals surface area contributed by atoms with Crippen LogP contribution >= 0.6 is 11.6 Å². The van der Waals surface area contributed by atoms with E-state index >= 15 is 0 Å². The van der Waals surface area contributed by atoms with Gasteiger partial charge in [0.15, 0.2) is 0 Å². The van der Waals surface area contributed by atoms with Crippen molar-refractivity contribution >= 4 is 21.6 Å². The van der Waals surface area contributed by atoms with E-state index in [-0.39, 0.29) is 23.0 Å². The van der Waals surface area contributed by atoms with Gasteiger partial charge in [-0.3, -0.25) is 0 Å². The number of benzene rings is 1. The SMILES string of the molecule is CC1(O)CCN(S(=O)(=O)c2ccc(F)c(Cl)c2)C1. The lowest BCUT2D eigenvalue weighted by Crippen LogP contribution is -2.33. The first kappa shape index (κ1) is 13.7. The maximum Gasteiger partial charge on any atom is 0.243 e. The molecule has 0 aliphatic carbocycles. The molecule has 0 spiro atoms. The van der Waals surface area contributed by atoms with E-state index in [1.165, 1.54) is 10.4 Å². The van der Waals surface area contributed by atoms with Gasteiger partial charge in [0.1, 0.15) is 5.82 Å². The first-order valence-corrected chi connectivity index (χ1v) is 7.22. The van der Waals surface area contributed by atoms with Gasteiger partial charge in [0.05, 0.1) is 15.5 Å². The van der Waals surface area contributed by atoms with Gasteiger partial charge >= 0.3 is 0 Å². The van der Waals surface area contributed by atoms with E-state index in [4.69, 9.17) is 11.6 Å². The van der Waals surface area contributed by atoms with Gasteiger partial charge in [-0.05, 0) is 31.5 Å². The summed E-state index contributed by atoms with van der Waals surface area (Å²) >= 11 is 5.58. The summed E-state index contributed by atoms with van der Waals surface area (Å²) in [7, 11) is -3.73. The second-order valence-electron chi connectivity index (χ2n) is 4.66. The molecular weight excluding hydrogens is 281 g/mol. The molecule has 1 aromatic rings. The largest absolute Gasteiger partial charge is 0.389 e. The van der Waals surface area contributed by atoms with Crippen molar-refractivity contribution in [3.8, 4) is 0 Å². The number of hydrogen-bond donors (Lipinski definition) is 1. The van der Waals surface area contributed by atoms with Crippen molar-refractivity contribution < 1.29 is 17.9 Å². The molecule has 1 aromatic carbocycles. The molecule has 1 unspecified atom stereocenters. The summed E-state index contributed by atoms with van der Waals surface area (Å²) in [6.07, 6.45) is 0.376. The van der Waals surface area contributed by atoms with E-state index in [2.05, 4.69) is 0 Å². The van der Waals surface area contributed by atoms with Crippen molar-refractivity contribution in [2.24, 2.45) is 0 Å². The lowest BCUT2D eigenvalue weighted by molar-refractivity contribution is 0.0762. The zero-order valence-electron chi connectivity index (χ0n) is 9.73. The Morgan fingerprint density at radius 3 is 2.67 bits per heavy atom. The maximum atomic E-state index is 13.0. The minimum Gasteiger partial charge on any atom is -0.389 e. The Bertz CT molecular complexity index is 574. The van der Waals surface area contributed by atoms with Crippen molar-refractivity contribution in [3.05, 3.63) is 29.0 Å². The van der Waals surface area contributed by atoms with E-state index in [1.54, 1.807) is 6.92 Å². The van der Waals surface area contributed by atoms with Crippen LogP contribution in [0.4, 0.5) is 4.39 Å². The second-order valence-corrected chi connectivity index (χ2v) is 7.01. The second kappa shape index (κ2) is 4.45. The molecule has 100 valence electrons. The summed E-state index contributed by atoms with van der Waals surface area (Å²) in [4.78, 5) is -0.0633. The summed E-state index contributed by atoms with van der Waals surface area (Å²) < 4.78 is 38.6. The van der Waals surface area contributed by atoms with Crippen molar-refractivity contribution in [3.63, 3.8) is 0 Å². The summed E-state index contributed by atoms with van der Waals surface area (Å²) in [6.45, 7) is 1.86. The molecule has 1 N–H and O–H groups in total. The van der Waals surface area contributed by atoms with E-state index in [0.717, 1.165) is 12.1 Å². The molecule has 18 heavy (non-hydrogen) atoms. The molecule has 1 aliphatic rings. The van der Waals surface area contributed by atoms with Crippen LogP contribution in [-0.4, -0.2) is 36.5 Å². The Morgan fingerprint density at radius 1 is 1.50 bits per heavy atom. The van der Waals surface area contributed by atoms with Gasteiger partial charge in [-0.1, -0.05) is 11.6 Å². The smallest absolute Gasteiger partial charge is 0.243 e. The number of sulfonamides is 1. The first-order chi connectivity index (χ1) is 8.22. The third-order valence-electron chi connectivity index (χ3n) is 2.95. The molecule has 7 heteroatoms. The molecule has 1 atom stereocenters. The van der Waals surface area contributed by atoms with Crippen LogP contribution in [0.15, 0.2) is 23.1 Å². The van der Waals surface area contributed by atoms with Crippen LogP contribution in [0, 0.1) is 5.82 Å². The van der Waals surface area contributed by atoms with Crippen LogP contribution in [-0.2, 0) is 10.0 Å². The summed E-state index contributed by atoms with van der Waals surface area (Å²) in [5, 5.41) is 9.55. The molecule has 1 saturated heterocycles. The highest BCUT2D eigenvalue weighted by Crippen LogP contribution is 2.28. The lowest BCUT2D eigenvalue weighted by Gasteiger charge is -2.19. The Balaban J connectivity index is 2.34. The molecule has 1 aliphatic heterocycles. The predicted molar refractivity (Wildman–Crippen MR) is 65.4 cm³/mol. The fourth-order valence-electron chi connectivity index (χ4n) is 1.90. The number of rotatable bonds is 2. The highest BCUT2D eigenvalue weighted by molar-refractivity contribution is 7.89. The molecule has 1 heterocycles. The highest BCUT2D eigenvalue weighted by atomic mass is 35.5. The number of nitrogens with zero attached hydrogens (tertiary/aromatic N) is 1. The molecule has 1 fully saturated rings. The number of halogens is 2. The molecule has 4 nitrogen and oxygen atoms in total. The van der Waals surface area contributed by atoms with Crippen molar-refractivity contribution in [1.82, 2.24) is 4.31 Å². The van der Waals surface area contributed by atoms with E-state index < -0.39 is 21.4 Å². The van der Waals surface area contributed by atoms with Crippen LogP contribution < -0.4 is 0 Å². The van der Waals surface area contributed by atoms with Crippen LogP contribution in [0.25, 0.3) is 0 Å². The van der Waals surface area contributed by atoms with Gasteiger partial charge in [-0.15, -0.1) is 0 Å². The average molecular weight is 294 g/mol. The number of hydrogen-bond acceptors (Lipinski definition) is 3. The molecular formula is C11H13ClFNO3S. The van der Waals surface area contributed by atoms with Crippen LogP contribution in [0.1, 0.15) is 13.3 Å². The standard InChI is InChI=1S/C11H13ClFNO3S/c1-11(15)4-5-14(7-11)18(16,17)8-2-3-10(13)9(12)6-8/h2-3,6,15H,4-5,7H2,1H3. The molecule has 0 aromatic heterocycles. The van der Waals surface area contributed by atoms with Crippen molar-refractivity contribution in [2.45, 2.75) is 23.8 Å². The van der Waals surface area contributed by atoms with Crippen molar-refractivity contribution in [1.29, 1.82) is 0 Å². The van der Waals surface area contributed by atoms with Gasteiger partial charge in [0.25, 0.3) is 0 Å². The molecule has 0 amide bonds. The Hall–Kier alpha value is -0.690. The molecule has 0 radical (unpaired) electrons. The summed E-state index contributed by atoms with van der Waals surface area (Å²) in [5.41, 5.74) is -1.02. The quantitative estimate of drug-likeness (QED) is 0.901. The fraction of sp³-hybridized carbons (Fsp3) is 0.455. The van der Waals surface area contributed by atoms with Crippen LogP contribution in [0.5, 0.6) is 0 Å². The zero-order valence-corrected chi connectivity index (χ0v) is 11.3. The van der Waals surface area contributed by atoms with E-state index in [0.29, 0.717) is 6.42 Å². The minimum atomic E-state index is -3.73. The zero-order chi connectivity index (χ0) is 13.6. The Labute approximate surface area is 110 Å². The molecule has 0 bridgehead atoms. The third-order valence-corrected chi connectivity index (χ3v) is 5.08. The normalized spacial score (nSPS) is 25.6. The monoisotopic (exact) mass is 293 g/mol. The van der Waals surface area contributed by atoms with Gasteiger partial charge in [0.2, 0.25) is 10.0 Å². The van der Waals surface area contributed by atoms with Gasteiger partial charge < -0.3 is 5.11 Å². The predicted octanol–water partition coefficient (Wildman–Crippen LogP) is 1.62. The average Bonchev–Trinajstić information content (AvgIpc) is 2.63. The van der Waals surface area contributed by atoms with Gasteiger partial charge in [-0.25, -0.2) is 12.8 Å². The Morgan fingerprint density at radius 2 is 2.17 bits per heavy atom. The summed E-state index contributed by atoms with van der Waals surface area (Å²) in [5.74, 6) is -0.663. The van der Waals surface area contributed by atoms with Gasteiger partial charge in [-0.2, -0.15) is 4.31 Å². The van der Waals surface area contributed by atoms with E-state index in [9.17, 15) is 17.9 Å². The van der Waals surface area contributed by atoms with Crippen LogP contribution in [0.2, 0.25) is 5.02 Å². The lowest BCUT2D eigenvalue weighted by atomic mass is 10.1. The minimum absolute atomic E-state index is 0.0321. The topological polar surface area (TPSA) is 57.6 Å². The number of β-amino-alcohol motifs (C(OH)–C–C–N with tert-alkyl or cyclic N) is 1. The summed E-state index contributed by atoms with van der Waals surface area (Å²) in [6, 6.07) is 3.27. The highest BCUT2D eigenvalue weighted by Gasteiger charge is 2.38. The molecule has 2 rings (SSSR count).